The average Bonchev–Trinajstić information content (AvgIpc) is 3.65. The highest BCUT2D eigenvalue weighted by atomic mass is 35.5. The molecule has 2 amide bonds. The zero-order chi connectivity index (χ0) is 26.8. The van der Waals surface area contributed by atoms with E-state index in [4.69, 9.17) is 16.7 Å². The molecule has 3 aromatic rings. The van der Waals surface area contributed by atoms with Gasteiger partial charge >= 0.3 is 0 Å². The maximum absolute atomic E-state index is 13.1. The Bertz CT molecular complexity index is 1340. The van der Waals surface area contributed by atoms with Gasteiger partial charge in [-0.3, -0.25) is 9.59 Å². The number of piperidine rings is 1. The molecule has 0 atom stereocenters. The van der Waals surface area contributed by atoms with Crippen molar-refractivity contribution in [2.75, 3.05) is 29.0 Å². The van der Waals surface area contributed by atoms with E-state index in [1.807, 2.05) is 6.07 Å². The Morgan fingerprint density at radius 1 is 0.923 bits per heavy atom. The number of carbonyl (C=O) groups excluding carboxylic acids is 2. The van der Waals surface area contributed by atoms with Gasteiger partial charge in [0, 0.05) is 42.0 Å². The number of nitrogens with zero attached hydrogens (tertiary/aromatic N) is 4. The highest BCUT2D eigenvalue weighted by Crippen LogP contribution is 2.30. The third-order valence-electron chi connectivity index (χ3n) is 7.76. The minimum Gasteiger partial charge on any atom is -0.379 e. The number of amides is 2. The van der Waals surface area contributed by atoms with E-state index < -0.39 is 0 Å². The van der Waals surface area contributed by atoms with Gasteiger partial charge in [-0.25, -0.2) is 14.5 Å². The van der Waals surface area contributed by atoms with Gasteiger partial charge in [-0.05, 0) is 76.6 Å². The molecule has 0 unspecified atom stereocenters. The van der Waals surface area contributed by atoms with Crippen LogP contribution in [0.3, 0.4) is 0 Å². The Hall–Kier alpha value is -3.44. The monoisotopic (exact) mass is 551 g/mol. The first-order valence-corrected chi connectivity index (χ1v) is 14.3. The Balaban J connectivity index is 1.14. The summed E-state index contributed by atoms with van der Waals surface area (Å²) in [6, 6.07) is 6.12. The standard InChI is InChI=1S/C27H34ClN9O2/c28-23-13-20(9-12-30-23)35-27(39)22-15-31-25-21(32-17-1-2-17)14-24(36-37(22)25)33-18-3-5-19(6-4-18)34-26(38)16-7-10-29-11-8-16/h9,12-19,29,32H,1-8,10-11H2,(H,33,36)(H,34,38)(H,30,35,39)/t18-,19-. The first-order valence-electron chi connectivity index (χ1n) is 13.9. The SMILES string of the molecule is O=C(Nc1ccnc(Cl)c1)c1cnc2c(NC3CC3)cc(N[C@H]3CC[C@H](NC(=O)C4CCNCC4)CC3)nn12. The van der Waals surface area contributed by atoms with Gasteiger partial charge < -0.3 is 26.6 Å². The summed E-state index contributed by atoms with van der Waals surface area (Å²) in [5.41, 5.74) is 2.33. The van der Waals surface area contributed by atoms with E-state index in [-0.39, 0.29) is 29.8 Å². The van der Waals surface area contributed by atoms with Gasteiger partial charge in [0.15, 0.2) is 11.3 Å². The Morgan fingerprint density at radius 2 is 1.64 bits per heavy atom. The zero-order valence-electron chi connectivity index (χ0n) is 21.8. The summed E-state index contributed by atoms with van der Waals surface area (Å²) in [5.74, 6) is 0.687. The van der Waals surface area contributed by atoms with Crippen molar-refractivity contribution in [3.63, 3.8) is 0 Å². The summed E-state index contributed by atoms with van der Waals surface area (Å²) >= 11 is 5.97. The van der Waals surface area contributed by atoms with Crippen molar-refractivity contribution in [2.24, 2.45) is 5.92 Å². The van der Waals surface area contributed by atoms with Crippen molar-refractivity contribution in [1.82, 2.24) is 30.2 Å². The Kier molecular flexibility index (Phi) is 7.51. The molecular weight excluding hydrogens is 518 g/mol. The molecule has 3 fully saturated rings. The summed E-state index contributed by atoms with van der Waals surface area (Å²) in [6.07, 6.45) is 10.9. The minimum atomic E-state index is -0.336. The van der Waals surface area contributed by atoms with E-state index in [1.165, 1.54) is 6.20 Å². The molecule has 3 aromatic heterocycles. The predicted molar refractivity (Wildman–Crippen MR) is 150 cm³/mol. The predicted octanol–water partition coefficient (Wildman–Crippen LogP) is 3.44. The summed E-state index contributed by atoms with van der Waals surface area (Å²) in [4.78, 5) is 34.3. The van der Waals surface area contributed by atoms with Crippen LogP contribution in [0.1, 0.15) is 61.9 Å². The molecule has 39 heavy (non-hydrogen) atoms. The lowest BCUT2D eigenvalue weighted by Gasteiger charge is -2.31. The first-order chi connectivity index (χ1) is 19.0. The molecule has 1 aliphatic heterocycles. The van der Waals surface area contributed by atoms with Crippen LogP contribution in [0.25, 0.3) is 5.65 Å². The molecule has 2 aliphatic carbocycles. The number of rotatable bonds is 8. The highest BCUT2D eigenvalue weighted by Gasteiger charge is 2.28. The van der Waals surface area contributed by atoms with E-state index in [2.05, 4.69) is 36.6 Å². The van der Waals surface area contributed by atoms with Crippen molar-refractivity contribution in [2.45, 2.75) is 69.5 Å². The molecule has 2 saturated carbocycles. The van der Waals surface area contributed by atoms with Crippen LogP contribution >= 0.6 is 11.6 Å². The van der Waals surface area contributed by atoms with E-state index in [9.17, 15) is 9.59 Å². The van der Waals surface area contributed by atoms with Gasteiger partial charge in [-0.2, -0.15) is 0 Å². The van der Waals surface area contributed by atoms with Gasteiger partial charge in [-0.15, -0.1) is 5.10 Å². The quantitative estimate of drug-likeness (QED) is 0.268. The van der Waals surface area contributed by atoms with E-state index in [0.29, 0.717) is 34.0 Å². The summed E-state index contributed by atoms with van der Waals surface area (Å²) in [5, 5.41) is 21.6. The molecule has 1 saturated heterocycles. The first kappa shape index (κ1) is 25.8. The van der Waals surface area contributed by atoms with Crippen LogP contribution < -0.4 is 26.6 Å². The number of fused-ring (bicyclic) bond motifs is 1. The molecule has 0 aromatic carbocycles. The lowest BCUT2D eigenvalue weighted by Crippen LogP contribution is -2.45. The number of pyridine rings is 1. The maximum atomic E-state index is 13.1. The molecule has 0 spiro atoms. The topological polar surface area (TPSA) is 137 Å². The van der Waals surface area contributed by atoms with Gasteiger partial charge in [0.1, 0.15) is 11.0 Å². The van der Waals surface area contributed by atoms with Gasteiger partial charge in [0.05, 0.1) is 11.9 Å². The molecular formula is C27H34ClN9O2. The third-order valence-corrected chi connectivity index (χ3v) is 7.96. The second kappa shape index (κ2) is 11.4. The summed E-state index contributed by atoms with van der Waals surface area (Å²) < 4.78 is 1.59. The van der Waals surface area contributed by atoms with E-state index in [0.717, 1.165) is 70.1 Å². The van der Waals surface area contributed by atoms with Crippen LogP contribution in [0.15, 0.2) is 30.6 Å². The number of anilines is 3. The number of hydrogen-bond donors (Lipinski definition) is 5. The lowest BCUT2D eigenvalue weighted by atomic mass is 9.90. The molecule has 0 bridgehead atoms. The van der Waals surface area contributed by atoms with Crippen LogP contribution in [0.2, 0.25) is 5.15 Å². The Morgan fingerprint density at radius 3 is 2.38 bits per heavy atom. The van der Waals surface area contributed by atoms with E-state index >= 15 is 0 Å². The van der Waals surface area contributed by atoms with Gasteiger partial charge in [-0.1, -0.05) is 11.6 Å². The fourth-order valence-corrected chi connectivity index (χ4v) is 5.59. The van der Waals surface area contributed by atoms with Crippen molar-refractivity contribution >= 4 is 46.3 Å². The second-order valence-corrected chi connectivity index (χ2v) is 11.2. The zero-order valence-corrected chi connectivity index (χ0v) is 22.5. The van der Waals surface area contributed by atoms with Crippen LogP contribution in [-0.4, -0.2) is 62.6 Å². The fourth-order valence-electron chi connectivity index (χ4n) is 5.42. The summed E-state index contributed by atoms with van der Waals surface area (Å²) in [7, 11) is 0. The summed E-state index contributed by atoms with van der Waals surface area (Å²) in [6.45, 7) is 1.84. The van der Waals surface area contributed by atoms with Crippen LogP contribution in [0.5, 0.6) is 0 Å². The largest absolute Gasteiger partial charge is 0.379 e. The van der Waals surface area contributed by atoms with Crippen molar-refractivity contribution in [3.05, 3.63) is 41.4 Å². The van der Waals surface area contributed by atoms with Gasteiger partial charge in [0.2, 0.25) is 5.91 Å². The molecule has 0 radical (unpaired) electrons. The number of hydrogen-bond acceptors (Lipinski definition) is 8. The number of nitrogens with one attached hydrogen (secondary N) is 5. The number of aromatic nitrogens is 4. The van der Waals surface area contributed by atoms with Crippen molar-refractivity contribution < 1.29 is 9.59 Å². The van der Waals surface area contributed by atoms with E-state index in [1.54, 1.807) is 22.8 Å². The molecule has 3 aliphatic rings. The van der Waals surface area contributed by atoms with Crippen molar-refractivity contribution in [1.29, 1.82) is 0 Å². The smallest absolute Gasteiger partial charge is 0.276 e. The van der Waals surface area contributed by atoms with Crippen molar-refractivity contribution in [3.8, 4) is 0 Å². The minimum absolute atomic E-state index is 0.132. The molecule has 11 nitrogen and oxygen atoms in total. The molecule has 4 heterocycles. The van der Waals surface area contributed by atoms with Crippen LogP contribution in [-0.2, 0) is 4.79 Å². The number of halogens is 1. The maximum Gasteiger partial charge on any atom is 0.276 e. The second-order valence-electron chi connectivity index (χ2n) is 10.8. The van der Waals surface area contributed by atoms with Crippen LogP contribution in [0, 0.1) is 5.92 Å². The molecule has 5 N–H and O–H groups in total. The highest BCUT2D eigenvalue weighted by molar-refractivity contribution is 6.29. The van der Waals surface area contributed by atoms with Crippen LogP contribution in [0.4, 0.5) is 17.2 Å². The number of imidazole rings is 1. The fraction of sp³-hybridized carbons (Fsp3) is 0.519. The average molecular weight is 552 g/mol. The third kappa shape index (κ3) is 6.25. The Labute approximate surface area is 231 Å². The number of carbonyl (C=O) groups is 2. The molecule has 12 heteroatoms. The lowest BCUT2D eigenvalue weighted by molar-refractivity contribution is -0.126. The molecule has 6 rings (SSSR count). The molecule has 206 valence electrons. The normalized spacial score (nSPS) is 21.9. The van der Waals surface area contributed by atoms with Gasteiger partial charge in [0.25, 0.3) is 5.91 Å².